The molecule has 17 heavy (non-hydrogen) atoms. The highest BCUT2D eigenvalue weighted by atomic mass is 16.2. The number of hydrogen-bond acceptors (Lipinski definition) is 2. The summed E-state index contributed by atoms with van der Waals surface area (Å²) in [6, 6.07) is 0.132. The van der Waals surface area contributed by atoms with E-state index in [4.69, 9.17) is 0 Å². The molecule has 1 amide bonds. The molecule has 0 bridgehead atoms. The third kappa shape index (κ3) is 2.22. The molecule has 2 saturated heterocycles. The normalized spacial score (nSPS) is 32.2. The largest absolute Gasteiger partial charge is 0.341 e. The summed E-state index contributed by atoms with van der Waals surface area (Å²) in [5.74, 6) is 0.371. The molecule has 1 saturated carbocycles. The van der Waals surface area contributed by atoms with E-state index in [9.17, 15) is 4.79 Å². The van der Waals surface area contributed by atoms with Crippen molar-refractivity contribution in [2.75, 3.05) is 19.6 Å². The van der Waals surface area contributed by atoms with E-state index in [0.29, 0.717) is 11.3 Å². The van der Waals surface area contributed by atoms with E-state index < -0.39 is 0 Å². The maximum absolute atomic E-state index is 12.3. The molecule has 0 aromatic heterocycles. The summed E-state index contributed by atoms with van der Waals surface area (Å²) in [6.07, 6.45) is 10.4. The third-order valence-electron chi connectivity index (χ3n) is 5.16. The molecule has 0 aromatic carbocycles. The van der Waals surface area contributed by atoms with Crippen LogP contribution in [0.3, 0.4) is 0 Å². The summed E-state index contributed by atoms with van der Waals surface area (Å²) >= 11 is 0. The van der Waals surface area contributed by atoms with Gasteiger partial charge in [-0.2, -0.15) is 0 Å². The van der Waals surface area contributed by atoms with Crippen LogP contribution in [0.25, 0.3) is 0 Å². The maximum atomic E-state index is 12.3. The topological polar surface area (TPSA) is 32.3 Å². The average Bonchev–Trinajstić information content (AvgIpc) is 3.01. The van der Waals surface area contributed by atoms with Gasteiger partial charge in [-0.1, -0.05) is 12.8 Å². The highest BCUT2D eigenvalue weighted by molar-refractivity contribution is 5.82. The Morgan fingerprint density at radius 3 is 2.35 bits per heavy atom. The standard InChI is InChI=1S/C14H24N2O/c17-13(12-4-3-9-15-12)16-10-7-14(8-11-16)5-1-2-6-14/h12,15H,1-11H2. The van der Waals surface area contributed by atoms with Crippen molar-refractivity contribution in [1.82, 2.24) is 10.2 Å². The van der Waals surface area contributed by atoms with E-state index in [2.05, 4.69) is 10.2 Å². The van der Waals surface area contributed by atoms with Gasteiger partial charge in [0.1, 0.15) is 0 Å². The van der Waals surface area contributed by atoms with E-state index in [0.717, 1.165) is 32.5 Å². The van der Waals surface area contributed by atoms with Gasteiger partial charge in [0.15, 0.2) is 0 Å². The lowest BCUT2D eigenvalue weighted by Crippen LogP contribution is -2.48. The van der Waals surface area contributed by atoms with Crippen LogP contribution in [0.15, 0.2) is 0 Å². The first-order valence-corrected chi connectivity index (χ1v) is 7.31. The Labute approximate surface area is 104 Å². The first-order valence-electron chi connectivity index (χ1n) is 7.31. The van der Waals surface area contributed by atoms with Crippen molar-refractivity contribution in [3.05, 3.63) is 0 Å². The lowest BCUT2D eigenvalue weighted by molar-refractivity contribution is -0.135. The van der Waals surface area contributed by atoms with Crippen molar-refractivity contribution in [1.29, 1.82) is 0 Å². The smallest absolute Gasteiger partial charge is 0.239 e. The molecule has 1 N–H and O–H groups in total. The summed E-state index contributed by atoms with van der Waals surface area (Å²) < 4.78 is 0. The van der Waals surface area contributed by atoms with Crippen LogP contribution in [0.4, 0.5) is 0 Å². The second-order valence-corrected chi connectivity index (χ2v) is 6.18. The molecule has 0 radical (unpaired) electrons. The van der Waals surface area contributed by atoms with E-state index in [1.54, 1.807) is 0 Å². The van der Waals surface area contributed by atoms with Gasteiger partial charge in [0.05, 0.1) is 6.04 Å². The van der Waals surface area contributed by atoms with Crippen LogP contribution in [0.5, 0.6) is 0 Å². The van der Waals surface area contributed by atoms with Crippen LogP contribution < -0.4 is 5.32 Å². The predicted molar refractivity (Wildman–Crippen MR) is 67.7 cm³/mol. The van der Waals surface area contributed by atoms with Crippen LogP contribution in [0.1, 0.15) is 51.4 Å². The van der Waals surface area contributed by atoms with Gasteiger partial charge in [0.2, 0.25) is 5.91 Å². The molecule has 0 aromatic rings. The molecule has 1 unspecified atom stereocenters. The fourth-order valence-electron chi connectivity index (χ4n) is 3.94. The number of amides is 1. The monoisotopic (exact) mass is 236 g/mol. The van der Waals surface area contributed by atoms with Gasteiger partial charge in [-0.05, 0) is 50.5 Å². The van der Waals surface area contributed by atoms with Crippen LogP contribution in [-0.2, 0) is 4.79 Å². The minimum atomic E-state index is 0.132. The molecule has 2 heterocycles. The molecule has 1 atom stereocenters. The molecule has 1 spiro atoms. The fraction of sp³-hybridized carbons (Fsp3) is 0.929. The van der Waals surface area contributed by atoms with Crippen molar-refractivity contribution in [2.24, 2.45) is 5.41 Å². The van der Waals surface area contributed by atoms with Gasteiger partial charge in [-0.25, -0.2) is 0 Å². The Bertz CT molecular complexity index is 281. The second-order valence-electron chi connectivity index (χ2n) is 6.18. The summed E-state index contributed by atoms with van der Waals surface area (Å²) in [7, 11) is 0. The van der Waals surface area contributed by atoms with Crippen molar-refractivity contribution in [3.8, 4) is 0 Å². The van der Waals surface area contributed by atoms with Gasteiger partial charge in [-0.3, -0.25) is 4.79 Å². The molecule has 3 rings (SSSR count). The number of hydrogen-bond donors (Lipinski definition) is 1. The second kappa shape index (κ2) is 4.60. The number of carbonyl (C=O) groups is 1. The van der Waals surface area contributed by atoms with E-state index in [-0.39, 0.29) is 6.04 Å². The number of likely N-dealkylation sites (tertiary alicyclic amines) is 1. The van der Waals surface area contributed by atoms with Crippen molar-refractivity contribution in [3.63, 3.8) is 0 Å². The SMILES string of the molecule is O=C(C1CCCN1)N1CCC2(CCCC2)CC1. The van der Waals surface area contributed by atoms with E-state index in [1.165, 1.54) is 38.5 Å². The fourth-order valence-corrected chi connectivity index (χ4v) is 3.94. The predicted octanol–water partition coefficient (Wildman–Crippen LogP) is 1.92. The highest BCUT2D eigenvalue weighted by Gasteiger charge is 2.39. The summed E-state index contributed by atoms with van der Waals surface area (Å²) in [4.78, 5) is 14.4. The first kappa shape index (κ1) is 11.5. The molecule has 2 aliphatic heterocycles. The zero-order chi connectivity index (χ0) is 11.7. The van der Waals surface area contributed by atoms with Gasteiger partial charge in [-0.15, -0.1) is 0 Å². The quantitative estimate of drug-likeness (QED) is 0.754. The number of nitrogens with zero attached hydrogens (tertiary/aromatic N) is 1. The van der Waals surface area contributed by atoms with Gasteiger partial charge in [0.25, 0.3) is 0 Å². The molecule has 3 heteroatoms. The lowest BCUT2D eigenvalue weighted by Gasteiger charge is -2.40. The minimum Gasteiger partial charge on any atom is -0.341 e. The Morgan fingerprint density at radius 2 is 1.76 bits per heavy atom. The number of carbonyl (C=O) groups excluding carboxylic acids is 1. The molecule has 3 fully saturated rings. The van der Waals surface area contributed by atoms with E-state index in [1.807, 2.05) is 0 Å². The zero-order valence-corrected chi connectivity index (χ0v) is 10.7. The highest BCUT2D eigenvalue weighted by Crippen LogP contribution is 2.46. The number of rotatable bonds is 1. The molecule has 96 valence electrons. The van der Waals surface area contributed by atoms with Crippen LogP contribution in [0, 0.1) is 5.41 Å². The average molecular weight is 236 g/mol. The van der Waals surface area contributed by atoms with E-state index >= 15 is 0 Å². The first-order chi connectivity index (χ1) is 8.29. The number of nitrogens with one attached hydrogen (secondary N) is 1. The zero-order valence-electron chi connectivity index (χ0n) is 10.7. The molecule has 3 aliphatic rings. The summed E-state index contributed by atoms with van der Waals surface area (Å²) in [6.45, 7) is 3.04. The van der Waals surface area contributed by atoms with Gasteiger partial charge >= 0.3 is 0 Å². The van der Waals surface area contributed by atoms with Gasteiger partial charge < -0.3 is 10.2 Å². The van der Waals surface area contributed by atoms with Crippen LogP contribution in [0.2, 0.25) is 0 Å². The molecule has 3 nitrogen and oxygen atoms in total. The molecular formula is C14H24N2O. The summed E-state index contributed by atoms with van der Waals surface area (Å²) in [5, 5.41) is 3.32. The van der Waals surface area contributed by atoms with Crippen molar-refractivity contribution < 1.29 is 4.79 Å². The van der Waals surface area contributed by atoms with Crippen molar-refractivity contribution in [2.45, 2.75) is 57.4 Å². The Hall–Kier alpha value is -0.570. The summed E-state index contributed by atoms with van der Waals surface area (Å²) in [5.41, 5.74) is 0.625. The molecule has 1 aliphatic carbocycles. The lowest BCUT2D eigenvalue weighted by atomic mass is 9.77. The van der Waals surface area contributed by atoms with Gasteiger partial charge in [0, 0.05) is 13.1 Å². The van der Waals surface area contributed by atoms with Crippen molar-refractivity contribution >= 4 is 5.91 Å². The molecular weight excluding hydrogens is 212 g/mol. The Morgan fingerprint density at radius 1 is 1.06 bits per heavy atom. The third-order valence-corrected chi connectivity index (χ3v) is 5.16. The Balaban J connectivity index is 1.55. The van der Waals surface area contributed by atoms with Crippen LogP contribution >= 0.6 is 0 Å². The Kier molecular flexibility index (Phi) is 3.12. The number of piperidine rings is 1. The van der Waals surface area contributed by atoms with Crippen LogP contribution in [-0.4, -0.2) is 36.5 Å². The maximum Gasteiger partial charge on any atom is 0.239 e. The minimum absolute atomic E-state index is 0.132.